The molecular formula is C30H34F2N4O2. The van der Waals surface area contributed by atoms with Gasteiger partial charge >= 0.3 is 0 Å². The third kappa shape index (κ3) is 6.82. The lowest BCUT2D eigenvalue weighted by molar-refractivity contribution is -0.139. The molecule has 2 heterocycles. The quantitative estimate of drug-likeness (QED) is 0.529. The van der Waals surface area contributed by atoms with Crippen LogP contribution in [0.4, 0.5) is 8.78 Å². The molecule has 4 rings (SSSR count). The van der Waals surface area contributed by atoms with E-state index in [1.54, 1.807) is 41.0 Å². The van der Waals surface area contributed by atoms with Crippen LogP contribution in [0.25, 0.3) is 0 Å². The number of hydrogen-bond donors (Lipinski definition) is 1. The maximum atomic E-state index is 13.8. The predicted octanol–water partition coefficient (Wildman–Crippen LogP) is 4.26. The molecule has 2 aromatic rings. The summed E-state index contributed by atoms with van der Waals surface area (Å²) in [5, 5.41) is 0. The first-order valence-corrected chi connectivity index (χ1v) is 12.9. The van der Waals surface area contributed by atoms with Crippen LogP contribution in [-0.4, -0.2) is 58.7 Å². The smallest absolute Gasteiger partial charge is 0.240 e. The highest BCUT2D eigenvalue weighted by Crippen LogP contribution is 2.26. The summed E-state index contributed by atoms with van der Waals surface area (Å²) >= 11 is 0. The molecule has 1 saturated heterocycles. The first-order valence-electron chi connectivity index (χ1n) is 12.9. The van der Waals surface area contributed by atoms with E-state index >= 15 is 0 Å². The van der Waals surface area contributed by atoms with Gasteiger partial charge in [-0.15, -0.1) is 0 Å². The molecule has 2 aromatic carbocycles. The van der Waals surface area contributed by atoms with Crippen LogP contribution in [0.1, 0.15) is 36.1 Å². The van der Waals surface area contributed by atoms with E-state index in [1.165, 1.54) is 24.3 Å². The molecule has 6 nitrogen and oxygen atoms in total. The number of nitrogens with zero attached hydrogens (tertiary/aromatic N) is 3. The summed E-state index contributed by atoms with van der Waals surface area (Å²) in [5.41, 5.74) is 9.27. The van der Waals surface area contributed by atoms with Crippen LogP contribution in [0.5, 0.6) is 0 Å². The van der Waals surface area contributed by atoms with Crippen LogP contribution < -0.4 is 5.73 Å². The molecule has 0 aliphatic carbocycles. The van der Waals surface area contributed by atoms with Crippen molar-refractivity contribution in [3.05, 3.63) is 107 Å². The van der Waals surface area contributed by atoms with E-state index in [9.17, 15) is 18.4 Å². The molecule has 0 bridgehead atoms. The number of amides is 2. The number of rotatable bonds is 8. The minimum atomic E-state index is -0.886. The Balaban J connectivity index is 1.34. The lowest BCUT2D eigenvalue weighted by atomic mass is 10.0. The fourth-order valence-electron chi connectivity index (χ4n) is 4.95. The molecule has 2 atom stereocenters. The minimum Gasteiger partial charge on any atom is -0.340 e. The lowest BCUT2D eigenvalue weighted by Crippen LogP contribution is -2.51. The summed E-state index contributed by atoms with van der Waals surface area (Å²) in [5.74, 6) is -1.05. The fraction of sp³-hybridized carbons (Fsp3) is 0.333. The maximum absolute atomic E-state index is 13.8. The Bertz CT molecular complexity index is 1190. The number of hydrogen-bond acceptors (Lipinski definition) is 4. The number of fused-ring (bicyclic) bond motifs is 1. The topological polar surface area (TPSA) is 69.9 Å². The Labute approximate surface area is 222 Å². The molecule has 0 radical (unpaired) electrons. The molecule has 0 spiro atoms. The Morgan fingerprint density at radius 2 is 1.61 bits per heavy atom. The predicted molar refractivity (Wildman–Crippen MR) is 144 cm³/mol. The molecule has 8 heteroatoms. The van der Waals surface area contributed by atoms with Gasteiger partial charge in [0.15, 0.2) is 0 Å². The van der Waals surface area contributed by atoms with Crippen LogP contribution >= 0.6 is 0 Å². The largest absolute Gasteiger partial charge is 0.340 e. The Morgan fingerprint density at radius 1 is 0.974 bits per heavy atom. The number of allylic oxidation sites excluding steroid dienone is 5. The van der Waals surface area contributed by atoms with Gasteiger partial charge in [-0.2, -0.15) is 0 Å². The highest BCUT2D eigenvalue weighted by molar-refractivity contribution is 5.88. The van der Waals surface area contributed by atoms with E-state index in [2.05, 4.69) is 4.90 Å². The summed E-state index contributed by atoms with van der Waals surface area (Å²) in [6.45, 7) is 4.87. The van der Waals surface area contributed by atoms with Crippen molar-refractivity contribution >= 4 is 11.8 Å². The van der Waals surface area contributed by atoms with Crippen molar-refractivity contribution in [2.45, 2.75) is 38.5 Å². The molecule has 38 heavy (non-hydrogen) atoms. The monoisotopic (exact) mass is 520 g/mol. The highest BCUT2D eigenvalue weighted by atomic mass is 19.1. The second kappa shape index (κ2) is 12.8. The molecule has 2 aliphatic rings. The van der Waals surface area contributed by atoms with Crippen molar-refractivity contribution < 1.29 is 18.4 Å². The summed E-state index contributed by atoms with van der Waals surface area (Å²) in [7, 11) is 0. The highest BCUT2D eigenvalue weighted by Gasteiger charge is 2.31. The Hall–Kier alpha value is -3.62. The zero-order valence-electron chi connectivity index (χ0n) is 21.6. The van der Waals surface area contributed by atoms with Gasteiger partial charge in [-0.05, 0) is 47.9 Å². The van der Waals surface area contributed by atoms with Gasteiger partial charge in [0.2, 0.25) is 11.8 Å². The molecule has 2 amide bonds. The molecule has 0 aromatic heterocycles. The SMILES string of the molecule is C\C=C/C(F)=C\C=C\C(c1ccc(F)cc1)N1CCN(C(=O)CC(N)C(=O)N2Cc3ccccc3C2)CC1. The van der Waals surface area contributed by atoms with E-state index in [-0.39, 0.29) is 35.9 Å². The van der Waals surface area contributed by atoms with Gasteiger partial charge in [-0.3, -0.25) is 14.5 Å². The average Bonchev–Trinajstić information content (AvgIpc) is 3.36. The zero-order chi connectivity index (χ0) is 27.1. The van der Waals surface area contributed by atoms with E-state index in [0.29, 0.717) is 39.3 Å². The standard InChI is InChI=1S/C30H34F2N4O2/c1-2-6-25(31)9-5-10-28(22-11-13-26(32)14-12-22)34-15-17-35(18-16-34)29(37)19-27(33)30(38)36-20-23-7-3-4-8-24(23)21-36/h2-14,27-28H,15-21,33H2,1H3/b6-2-,10-5+,25-9+. The van der Waals surface area contributed by atoms with Gasteiger partial charge in [-0.25, -0.2) is 8.78 Å². The van der Waals surface area contributed by atoms with Crippen molar-refractivity contribution in [1.82, 2.24) is 14.7 Å². The van der Waals surface area contributed by atoms with Crippen LogP contribution in [0.2, 0.25) is 0 Å². The van der Waals surface area contributed by atoms with Crippen molar-refractivity contribution in [3.63, 3.8) is 0 Å². The van der Waals surface area contributed by atoms with Gasteiger partial charge in [-0.1, -0.05) is 54.6 Å². The van der Waals surface area contributed by atoms with Crippen molar-refractivity contribution in [2.75, 3.05) is 26.2 Å². The maximum Gasteiger partial charge on any atom is 0.240 e. The molecule has 0 saturated carbocycles. The molecule has 2 aliphatic heterocycles. The number of nitrogens with two attached hydrogens (primary N) is 1. The number of carbonyl (C=O) groups excluding carboxylic acids is 2. The van der Waals surface area contributed by atoms with Gasteiger partial charge in [0.1, 0.15) is 11.6 Å². The molecule has 200 valence electrons. The number of halogens is 2. The van der Waals surface area contributed by atoms with Crippen LogP contribution in [-0.2, 0) is 22.7 Å². The Morgan fingerprint density at radius 3 is 2.21 bits per heavy atom. The van der Waals surface area contributed by atoms with E-state index in [4.69, 9.17) is 5.73 Å². The Kier molecular flexibility index (Phi) is 9.20. The number of carbonyl (C=O) groups is 2. The van der Waals surface area contributed by atoms with Crippen LogP contribution in [0.15, 0.2) is 84.7 Å². The molecule has 2 unspecified atom stereocenters. The second-order valence-corrected chi connectivity index (χ2v) is 9.62. The second-order valence-electron chi connectivity index (χ2n) is 9.62. The number of piperazine rings is 1. The van der Waals surface area contributed by atoms with E-state index < -0.39 is 6.04 Å². The van der Waals surface area contributed by atoms with E-state index in [1.807, 2.05) is 30.3 Å². The zero-order valence-corrected chi connectivity index (χ0v) is 21.6. The third-order valence-electron chi connectivity index (χ3n) is 7.01. The third-order valence-corrected chi connectivity index (χ3v) is 7.01. The summed E-state index contributed by atoms with van der Waals surface area (Å²) in [6, 6.07) is 13.1. The minimum absolute atomic E-state index is 0.0397. The van der Waals surface area contributed by atoms with Gasteiger partial charge < -0.3 is 15.5 Å². The average molecular weight is 521 g/mol. The first kappa shape index (κ1) is 27.4. The van der Waals surface area contributed by atoms with Crippen molar-refractivity contribution in [1.29, 1.82) is 0 Å². The summed E-state index contributed by atoms with van der Waals surface area (Å²) in [4.78, 5) is 31.5. The lowest BCUT2D eigenvalue weighted by Gasteiger charge is -2.39. The van der Waals surface area contributed by atoms with E-state index in [0.717, 1.165) is 16.7 Å². The van der Waals surface area contributed by atoms with Crippen molar-refractivity contribution in [3.8, 4) is 0 Å². The fourth-order valence-corrected chi connectivity index (χ4v) is 4.95. The molecular weight excluding hydrogens is 486 g/mol. The molecule has 1 fully saturated rings. The number of benzene rings is 2. The van der Waals surface area contributed by atoms with Crippen molar-refractivity contribution in [2.24, 2.45) is 5.73 Å². The van der Waals surface area contributed by atoms with Gasteiger partial charge in [0.05, 0.1) is 18.5 Å². The summed E-state index contributed by atoms with van der Waals surface area (Å²) in [6.07, 6.45) is 7.87. The van der Waals surface area contributed by atoms with Gasteiger partial charge in [0.25, 0.3) is 0 Å². The van der Waals surface area contributed by atoms with Crippen LogP contribution in [0.3, 0.4) is 0 Å². The van der Waals surface area contributed by atoms with Crippen LogP contribution in [0, 0.1) is 5.82 Å². The first-order chi connectivity index (χ1) is 18.4. The normalized spacial score (nSPS) is 18.3. The molecule has 2 N–H and O–H groups in total. The summed E-state index contributed by atoms with van der Waals surface area (Å²) < 4.78 is 27.3. The van der Waals surface area contributed by atoms with Gasteiger partial charge in [0, 0.05) is 39.3 Å².